The minimum atomic E-state index is 0.0400. The smallest absolute Gasteiger partial charge is 0.221 e. The molecule has 1 aliphatic rings. The fourth-order valence-corrected chi connectivity index (χ4v) is 1.59. The summed E-state index contributed by atoms with van der Waals surface area (Å²) in [5.41, 5.74) is 5.84. The number of amides is 1. The van der Waals surface area contributed by atoms with E-state index >= 15 is 0 Å². The quantitative estimate of drug-likeness (QED) is 0.568. The van der Waals surface area contributed by atoms with Crippen LogP contribution in [0, 0.1) is 11.8 Å². The van der Waals surface area contributed by atoms with E-state index in [1.165, 1.54) is 12.8 Å². The average molecular weight is 214 g/mol. The molecule has 1 rings (SSSR count). The van der Waals surface area contributed by atoms with Crippen LogP contribution >= 0.6 is 0 Å². The Bertz CT molecular complexity index is 205. The Hall–Kier alpha value is -0.610. The number of hydrogen-bond acceptors (Lipinski definition) is 3. The highest BCUT2D eigenvalue weighted by atomic mass is 16.3. The van der Waals surface area contributed by atoms with Crippen molar-refractivity contribution in [2.24, 2.45) is 17.6 Å². The SMILES string of the molecule is CC(CCO)CNC(=O)CC(N)C1CC1. The molecule has 0 spiro atoms. The van der Waals surface area contributed by atoms with Crippen LogP contribution in [0.1, 0.15) is 32.6 Å². The largest absolute Gasteiger partial charge is 0.396 e. The molecule has 0 aromatic carbocycles. The molecule has 1 saturated carbocycles. The Morgan fingerprint density at radius 2 is 2.27 bits per heavy atom. The Morgan fingerprint density at radius 3 is 2.80 bits per heavy atom. The molecule has 0 aliphatic heterocycles. The Balaban J connectivity index is 2.06. The lowest BCUT2D eigenvalue weighted by Gasteiger charge is -2.13. The zero-order valence-corrected chi connectivity index (χ0v) is 9.41. The number of nitrogens with two attached hydrogens (primary N) is 1. The number of carbonyl (C=O) groups is 1. The predicted octanol–water partition coefficient (Wildman–Crippen LogP) is 0.248. The first-order valence-electron chi connectivity index (χ1n) is 5.76. The van der Waals surface area contributed by atoms with Gasteiger partial charge in [-0.25, -0.2) is 0 Å². The molecule has 88 valence electrons. The maximum Gasteiger partial charge on any atom is 0.221 e. The van der Waals surface area contributed by atoms with Gasteiger partial charge in [0.05, 0.1) is 0 Å². The second-order valence-electron chi connectivity index (χ2n) is 4.63. The fraction of sp³-hybridized carbons (Fsp3) is 0.909. The monoisotopic (exact) mass is 214 g/mol. The molecule has 2 unspecified atom stereocenters. The summed E-state index contributed by atoms with van der Waals surface area (Å²) >= 11 is 0. The maximum absolute atomic E-state index is 11.4. The van der Waals surface area contributed by atoms with Gasteiger partial charge in [0.15, 0.2) is 0 Å². The van der Waals surface area contributed by atoms with Gasteiger partial charge in [-0.3, -0.25) is 4.79 Å². The van der Waals surface area contributed by atoms with Gasteiger partial charge in [-0.15, -0.1) is 0 Å². The highest BCUT2D eigenvalue weighted by molar-refractivity contribution is 5.76. The van der Waals surface area contributed by atoms with Gasteiger partial charge in [0.2, 0.25) is 5.91 Å². The van der Waals surface area contributed by atoms with Gasteiger partial charge in [0, 0.05) is 25.6 Å². The molecular formula is C11H22N2O2. The van der Waals surface area contributed by atoms with Crippen molar-refractivity contribution in [3.05, 3.63) is 0 Å². The molecule has 0 saturated heterocycles. The number of hydrogen-bond donors (Lipinski definition) is 3. The van der Waals surface area contributed by atoms with Crippen LogP contribution in [-0.4, -0.2) is 30.2 Å². The number of rotatable bonds is 7. The minimum Gasteiger partial charge on any atom is -0.396 e. The van der Waals surface area contributed by atoms with Crippen molar-refractivity contribution >= 4 is 5.91 Å². The summed E-state index contributed by atoms with van der Waals surface area (Å²) in [7, 11) is 0. The Kier molecular flexibility index (Phi) is 5.05. The third-order valence-corrected chi connectivity index (χ3v) is 2.92. The van der Waals surface area contributed by atoms with Gasteiger partial charge in [-0.1, -0.05) is 6.92 Å². The molecule has 2 atom stereocenters. The molecule has 1 fully saturated rings. The van der Waals surface area contributed by atoms with Crippen molar-refractivity contribution in [3.63, 3.8) is 0 Å². The van der Waals surface area contributed by atoms with Gasteiger partial charge in [-0.05, 0) is 31.1 Å². The summed E-state index contributed by atoms with van der Waals surface area (Å²) in [6.45, 7) is 2.83. The van der Waals surface area contributed by atoms with E-state index in [1.54, 1.807) is 0 Å². The molecule has 0 aromatic heterocycles. The fourth-order valence-electron chi connectivity index (χ4n) is 1.59. The van der Waals surface area contributed by atoms with E-state index in [2.05, 4.69) is 5.32 Å². The number of aliphatic hydroxyl groups is 1. The normalized spacial score (nSPS) is 19.7. The average Bonchev–Trinajstić information content (AvgIpc) is 2.98. The van der Waals surface area contributed by atoms with Crippen molar-refractivity contribution in [1.82, 2.24) is 5.32 Å². The second-order valence-corrected chi connectivity index (χ2v) is 4.63. The van der Waals surface area contributed by atoms with E-state index in [0.29, 0.717) is 24.8 Å². The van der Waals surface area contributed by atoms with Crippen molar-refractivity contribution in [2.45, 2.75) is 38.6 Å². The topological polar surface area (TPSA) is 75.3 Å². The lowest BCUT2D eigenvalue weighted by atomic mass is 10.1. The van der Waals surface area contributed by atoms with Crippen LogP contribution in [0.4, 0.5) is 0 Å². The van der Waals surface area contributed by atoms with E-state index in [0.717, 1.165) is 6.42 Å². The molecular weight excluding hydrogens is 192 g/mol. The van der Waals surface area contributed by atoms with Gasteiger partial charge in [-0.2, -0.15) is 0 Å². The van der Waals surface area contributed by atoms with Crippen molar-refractivity contribution < 1.29 is 9.90 Å². The molecule has 4 heteroatoms. The minimum absolute atomic E-state index is 0.0400. The van der Waals surface area contributed by atoms with Crippen molar-refractivity contribution in [3.8, 4) is 0 Å². The summed E-state index contributed by atoms with van der Waals surface area (Å²) in [5.74, 6) is 0.945. The highest BCUT2D eigenvalue weighted by Crippen LogP contribution is 2.32. The molecule has 4 N–H and O–H groups in total. The number of carbonyl (C=O) groups excluding carboxylic acids is 1. The van der Waals surface area contributed by atoms with E-state index in [9.17, 15) is 4.79 Å². The summed E-state index contributed by atoms with van der Waals surface area (Å²) in [6, 6.07) is 0.0400. The first-order chi connectivity index (χ1) is 7.13. The zero-order valence-electron chi connectivity index (χ0n) is 9.41. The maximum atomic E-state index is 11.4. The van der Waals surface area contributed by atoms with Crippen LogP contribution in [0.25, 0.3) is 0 Å². The molecule has 0 heterocycles. The van der Waals surface area contributed by atoms with E-state index in [4.69, 9.17) is 10.8 Å². The lowest BCUT2D eigenvalue weighted by Crippen LogP contribution is -2.35. The van der Waals surface area contributed by atoms with Gasteiger partial charge in [0.1, 0.15) is 0 Å². The molecule has 0 radical (unpaired) electrons. The first kappa shape index (κ1) is 12.5. The highest BCUT2D eigenvalue weighted by Gasteiger charge is 2.29. The zero-order chi connectivity index (χ0) is 11.3. The van der Waals surface area contributed by atoms with Gasteiger partial charge >= 0.3 is 0 Å². The third-order valence-electron chi connectivity index (χ3n) is 2.92. The van der Waals surface area contributed by atoms with Crippen LogP contribution in [0.5, 0.6) is 0 Å². The first-order valence-corrected chi connectivity index (χ1v) is 5.76. The molecule has 15 heavy (non-hydrogen) atoms. The van der Waals surface area contributed by atoms with E-state index in [1.807, 2.05) is 6.92 Å². The molecule has 1 aliphatic carbocycles. The van der Waals surface area contributed by atoms with Crippen LogP contribution in [0.3, 0.4) is 0 Å². The number of aliphatic hydroxyl groups excluding tert-OH is 1. The van der Waals surface area contributed by atoms with Crippen LogP contribution in [0.15, 0.2) is 0 Å². The lowest BCUT2D eigenvalue weighted by molar-refractivity contribution is -0.121. The van der Waals surface area contributed by atoms with Gasteiger partial charge in [0.25, 0.3) is 0 Å². The summed E-state index contributed by atoms with van der Waals surface area (Å²) < 4.78 is 0. The van der Waals surface area contributed by atoms with Crippen LogP contribution in [-0.2, 0) is 4.79 Å². The summed E-state index contributed by atoms with van der Waals surface area (Å²) in [4.78, 5) is 11.4. The standard InChI is InChI=1S/C11H22N2O2/c1-8(4-5-14)7-13-11(15)6-10(12)9-2-3-9/h8-10,14H,2-7,12H2,1H3,(H,13,15). The second kappa shape index (κ2) is 6.08. The molecule has 0 aromatic rings. The third kappa shape index (κ3) is 5.14. The van der Waals surface area contributed by atoms with E-state index in [-0.39, 0.29) is 18.6 Å². The molecule has 4 nitrogen and oxygen atoms in total. The van der Waals surface area contributed by atoms with E-state index < -0.39 is 0 Å². The molecule has 0 bridgehead atoms. The van der Waals surface area contributed by atoms with Gasteiger partial charge < -0.3 is 16.2 Å². The van der Waals surface area contributed by atoms with Crippen LogP contribution < -0.4 is 11.1 Å². The van der Waals surface area contributed by atoms with Crippen molar-refractivity contribution in [1.29, 1.82) is 0 Å². The Morgan fingerprint density at radius 1 is 1.60 bits per heavy atom. The summed E-state index contributed by atoms with van der Waals surface area (Å²) in [6.07, 6.45) is 3.52. The van der Waals surface area contributed by atoms with Crippen LogP contribution in [0.2, 0.25) is 0 Å². The predicted molar refractivity (Wildman–Crippen MR) is 59.2 cm³/mol. The summed E-state index contributed by atoms with van der Waals surface area (Å²) in [5, 5.41) is 11.5. The molecule has 1 amide bonds. The van der Waals surface area contributed by atoms with Crippen molar-refractivity contribution in [2.75, 3.05) is 13.2 Å². The Labute approximate surface area is 91.2 Å². The number of nitrogens with one attached hydrogen (secondary N) is 1.